The molecule has 0 aliphatic rings. The summed E-state index contributed by atoms with van der Waals surface area (Å²) in [5, 5.41) is 3.93. The number of halogens is 3. The lowest BCUT2D eigenvalue weighted by molar-refractivity contribution is -0.138. The van der Waals surface area contributed by atoms with Crippen molar-refractivity contribution in [1.29, 1.82) is 0 Å². The Hall–Kier alpha value is -2.45. The van der Waals surface area contributed by atoms with Crippen LogP contribution >= 0.6 is 0 Å². The number of carbonyl (C=O) groups is 2. The Labute approximate surface area is 137 Å². The van der Waals surface area contributed by atoms with Crippen molar-refractivity contribution in [3.05, 3.63) is 23.8 Å². The van der Waals surface area contributed by atoms with E-state index in [1.54, 1.807) is 23.5 Å². The van der Waals surface area contributed by atoms with Gasteiger partial charge < -0.3 is 20.1 Å². The van der Waals surface area contributed by atoms with Crippen molar-refractivity contribution in [2.24, 2.45) is 0 Å². The van der Waals surface area contributed by atoms with Crippen LogP contribution < -0.4 is 20.1 Å². The average molecular weight is 348 g/mol. The molecule has 0 bridgehead atoms. The number of aryl methyl sites for hydroxylation is 1. The van der Waals surface area contributed by atoms with Gasteiger partial charge in [0.1, 0.15) is 18.0 Å². The average Bonchev–Trinajstić information content (AvgIpc) is 2.55. The molecule has 1 rings (SSSR count). The van der Waals surface area contributed by atoms with Crippen molar-refractivity contribution in [1.82, 2.24) is 10.6 Å². The molecule has 1 aromatic rings. The summed E-state index contributed by atoms with van der Waals surface area (Å²) in [7, 11) is 3.01. The Bertz CT molecular complexity index is 576. The number of rotatable bonds is 8. The van der Waals surface area contributed by atoms with Gasteiger partial charge in [-0.05, 0) is 30.2 Å². The third-order valence-electron chi connectivity index (χ3n) is 3.04. The van der Waals surface area contributed by atoms with Gasteiger partial charge >= 0.3 is 6.18 Å². The van der Waals surface area contributed by atoms with E-state index in [-0.39, 0.29) is 6.42 Å². The van der Waals surface area contributed by atoms with Crippen molar-refractivity contribution >= 4 is 11.8 Å². The summed E-state index contributed by atoms with van der Waals surface area (Å²) in [6.45, 7) is -1.94. The Morgan fingerprint density at radius 2 is 1.79 bits per heavy atom. The second kappa shape index (κ2) is 8.99. The van der Waals surface area contributed by atoms with Gasteiger partial charge in [0.15, 0.2) is 0 Å². The molecule has 0 aliphatic heterocycles. The van der Waals surface area contributed by atoms with Gasteiger partial charge in [-0.3, -0.25) is 9.59 Å². The first-order valence-corrected chi connectivity index (χ1v) is 7.06. The number of nitrogens with one attached hydrogen (secondary N) is 2. The van der Waals surface area contributed by atoms with Gasteiger partial charge in [0.2, 0.25) is 11.8 Å². The molecule has 2 N–H and O–H groups in total. The van der Waals surface area contributed by atoms with Crippen molar-refractivity contribution in [2.75, 3.05) is 27.3 Å². The van der Waals surface area contributed by atoms with E-state index >= 15 is 0 Å². The van der Waals surface area contributed by atoms with Crippen LogP contribution in [0.2, 0.25) is 0 Å². The molecule has 0 fully saturated rings. The summed E-state index contributed by atoms with van der Waals surface area (Å²) in [4.78, 5) is 22.9. The summed E-state index contributed by atoms with van der Waals surface area (Å²) < 4.78 is 46.1. The van der Waals surface area contributed by atoms with Gasteiger partial charge in [-0.2, -0.15) is 13.2 Å². The molecule has 0 saturated carbocycles. The lowest BCUT2D eigenvalue weighted by Gasteiger charge is -2.11. The van der Waals surface area contributed by atoms with Crippen LogP contribution in [0.5, 0.6) is 11.5 Å². The van der Waals surface area contributed by atoms with Crippen LogP contribution in [0.1, 0.15) is 12.0 Å². The maximum absolute atomic E-state index is 11.9. The fourth-order valence-electron chi connectivity index (χ4n) is 1.85. The number of benzene rings is 1. The minimum Gasteiger partial charge on any atom is -0.497 e. The predicted octanol–water partition coefficient (Wildman–Crippen LogP) is 1.43. The van der Waals surface area contributed by atoms with Crippen molar-refractivity contribution in [3.63, 3.8) is 0 Å². The third kappa shape index (κ3) is 7.21. The topological polar surface area (TPSA) is 76.7 Å². The fraction of sp³-hybridized carbons (Fsp3) is 0.467. The number of alkyl halides is 3. The SMILES string of the molecule is COc1ccc(OC)c(CCC(=O)NCC(=O)NCC(F)(F)F)c1. The molecule has 9 heteroatoms. The number of carbonyl (C=O) groups excluding carboxylic acids is 2. The maximum atomic E-state index is 11.9. The van der Waals surface area contributed by atoms with E-state index in [4.69, 9.17) is 9.47 Å². The summed E-state index contributed by atoms with van der Waals surface area (Å²) in [6, 6.07) is 5.15. The highest BCUT2D eigenvalue weighted by Gasteiger charge is 2.27. The van der Waals surface area contributed by atoms with E-state index in [0.29, 0.717) is 17.9 Å². The molecule has 0 aromatic heterocycles. The van der Waals surface area contributed by atoms with E-state index in [1.165, 1.54) is 14.2 Å². The summed E-state index contributed by atoms with van der Waals surface area (Å²) >= 11 is 0. The van der Waals surface area contributed by atoms with Gasteiger partial charge in [0, 0.05) is 6.42 Å². The van der Waals surface area contributed by atoms with E-state index in [0.717, 1.165) is 5.56 Å². The van der Waals surface area contributed by atoms with Gasteiger partial charge in [-0.1, -0.05) is 0 Å². The Morgan fingerprint density at radius 3 is 2.38 bits per heavy atom. The second-order valence-corrected chi connectivity index (χ2v) is 4.85. The van der Waals surface area contributed by atoms with Gasteiger partial charge in [0.05, 0.1) is 20.8 Å². The highest BCUT2D eigenvalue weighted by atomic mass is 19.4. The fourth-order valence-corrected chi connectivity index (χ4v) is 1.85. The maximum Gasteiger partial charge on any atom is 0.405 e. The van der Waals surface area contributed by atoms with Gasteiger partial charge in [-0.15, -0.1) is 0 Å². The van der Waals surface area contributed by atoms with E-state index < -0.39 is 31.1 Å². The number of ether oxygens (including phenoxy) is 2. The lowest BCUT2D eigenvalue weighted by Crippen LogP contribution is -2.40. The number of hydrogen-bond donors (Lipinski definition) is 2. The molecule has 24 heavy (non-hydrogen) atoms. The minimum atomic E-state index is -4.48. The number of hydrogen-bond acceptors (Lipinski definition) is 4. The van der Waals surface area contributed by atoms with E-state index in [2.05, 4.69) is 5.32 Å². The molecule has 0 aliphatic carbocycles. The Kier molecular flexibility index (Phi) is 7.34. The largest absolute Gasteiger partial charge is 0.497 e. The number of methoxy groups -OCH3 is 2. The molecule has 0 heterocycles. The molecule has 0 saturated heterocycles. The van der Waals surface area contributed by atoms with Crippen LogP contribution in [-0.4, -0.2) is 45.3 Å². The smallest absolute Gasteiger partial charge is 0.405 e. The molecule has 0 unspecified atom stereocenters. The first kappa shape index (κ1) is 19.6. The Morgan fingerprint density at radius 1 is 1.08 bits per heavy atom. The van der Waals surface area contributed by atoms with Crippen LogP contribution in [-0.2, 0) is 16.0 Å². The molecular formula is C15H19F3N2O4. The summed E-state index contributed by atoms with van der Waals surface area (Å²) in [5.41, 5.74) is 0.744. The summed E-state index contributed by atoms with van der Waals surface area (Å²) in [5.74, 6) is -0.161. The lowest BCUT2D eigenvalue weighted by atomic mass is 10.1. The molecule has 2 amide bonds. The van der Waals surface area contributed by atoms with E-state index in [1.807, 2.05) is 0 Å². The zero-order valence-corrected chi connectivity index (χ0v) is 13.3. The van der Waals surface area contributed by atoms with Crippen LogP contribution in [0.3, 0.4) is 0 Å². The second-order valence-electron chi connectivity index (χ2n) is 4.85. The third-order valence-corrected chi connectivity index (χ3v) is 3.04. The normalized spacial score (nSPS) is 10.9. The number of amides is 2. The highest BCUT2D eigenvalue weighted by Crippen LogP contribution is 2.25. The van der Waals surface area contributed by atoms with Crippen LogP contribution in [0.25, 0.3) is 0 Å². The summed E-state index contributed by atoms with van der Waals surface area (Å²) in [6.07, 6.45) is -4.10. The monoisotopic (exact) mass is 348 g/mol. The first-order valence-electron chi connectivity index (χ1n) is 7.06. The molecule has 0 atom stereocenters. The molecule has 1 aromatic carbocycles. The minimum absolute atomic E-state index is 0.0517. The van der Waals surface area contributed by atoms with Gasteiger partial charge in [0.25, 0.3) is 0 Å². The van der Waals surface area contributed by atoms with Crippen molar-refractivity contribution < 1.29 is 32.2 Å². The quantitative estimate of drug-likeness (QED) is 0.745. The first-order chi connectivity index (χ1) is 11.2. The van der Waals surface area contributed by atoms with Crippen molar-refractivity contribution in [2.45, 2.75) is 19.0 Å². The zero-order chi connectivity index (χ0) is 18.2. The van der Waals surface area contributed by atoms with Crippen LogP contribution in [0, 0.1) is 0 Å². The highest BCUT2D eigenvalue weighted by molar-refractivity contribution is 5.84. The standard InChI is InChI=1S/C15H19F3N2O4/c1-23-11-4-5-12(24-2)10(7-11)3-6-13(21)19-8-14(22)20-9-15(16,17)18/h4-5,7H,3,6,8-9H2,1-2H3,(H,19,21)(H,20,22). The van der Waals surface area contributed by atoms with Crippen LogP contribution in [0.4, 0.5) is 13.2 Å². The predicted molar refractivity (Wildman–Crippen MR) is 79.9 cm³/mol. The Balaban J connectivity index is 2.42. The molecule has 134 valence electrons. The zero-order valence-electron chi connectivity index (χ0n) is 13.3. The molecule has 0 radical (unpaired) electrons. The molecule has 0 spiro atoms. The molecule has 6 nitrogen and oxygen atoms in total. The van der Waals surface area contributed by atoms with E-state index in [9.17, 15) is 22.8 Å². The van der Waals surface area contributed by atoms with Gasteiger partial charge in [-0.25, -0.2) is 0 Å². The van der Waals surface area contributed by atoms with Crippen LogP contribution in [0.15, 0.2) is 18.2 Å². The molecular weight excluding hydrogens is 329 g/mol. The van der Waals surface area contributed by atoms with Crippen molar-refractivity contribution in [3.8, 4) is 11.5 Å².